The zero-order valence-corrected chi connectivity index (χ0v) is 11.5. The molecule has 0 spiro atoms. The Balaban J connectivity index is 1.90. The van der Waals surface area contributed by atoms with Crippen molar-refractivity contribution < 1.29 is 13.9 Å². The smallest absolute Gasteiger partial charge is 0.165 e. The van der Waals surface area contributed by atoms with E-state index in [-0.39, 0.29) is 11.5 Å². The number of ether oxygens (including phenoxy) is 1. The van der Waals surface area contributed by atoms with E-state index in [2.05, 4.69) is 0 Å². The number of halogens is 1. The maximum Gasteiger partial charge on any atom is 0.165 e. The minimum Gasteiger partial charge on any atom is -0.494 e. The van der Waals surface area contributed by atoms with Gasteiger partial charge >= 0.3 is 0 Å². The molecule has 3 heteroatoms. The number of carbonyl (C=O) groups excluding carboxylic acids is 1. The zero-order valence-electron chi connectivity index (χ0n) is 11.5. The van der Waals surface area contributed by atoms with Crippen molar-refractivity contribution in [3.05, 3.63) is 29.6 Å². The molecule has 0 unspecified atom stereocenters. The SMILES string of the molecule is COc1ccc(C(=O)CCC2CCCCC2)cc1F. The fourth-order valence-corrected chi connectivity index (χ4v) is 2.80. The number of benzene rings is 1. The molecule has 0 aliphatic heterocycles. The predicted molar refractivity (Wildman–Crippen MR) is 73.1 cm³/mol. The van der Waals surface area contributed by atoms with Crippen molar-refractivity contribution in [2.45, 2.75) is 44.9 Å². The fraction of sp³-hybridized carbons (Fsp3) is 0.562. The largest absolute Gasteiger partial charge is 0.494 e. The number of methoxy groups -OCH3 is 1. The topological polar surface area (TPSA) is 26.3 Å². The van der Waals surface area contributed by atoms with Crippen molar-refractivity contribution in [1.29, 1.82) is 0 Å². The molecule has 1 aliphatic carbocycles. The van der Waals surface area contributed by atoms with Crippen LogP contribution in [0.4, 0.5) is 4.39 Å². The molecule has 0 aromatic heterocycles. The third kappa shape index (κ3) is 3.79. The summed E-state index contributed by atoms with van der Waals surface area (Å²) in [6.07, 6.45) is 7.84. The molecule has 1 aromatic carbocycles. The minimum absolute atomic E-state index is 0.0344. The second-order valence-corrected chi connectivity index (χ2v) is 5.32. The van der Waals surface area contributed by atoms with Crippen LogP contribution in [0.1, 0.15) is 55.3 Å². The second-order valence-electron chi connectivity index (χ2n) is 5.32. The Morgan fingerprint density at radius 3 is 2.68 bits per heavy atom. The van der Waals surface area contributed by atoms with Gasteiger partial charge in [-0.2, -0.15) is 0 Å². The molecule has 19 heavy (non-hydrogen) atoms. The maximum atomic E-state index is 13.5. The van der Waals surface area contributed by atoms with Crippen LogP contribution in [-0.4, -0.2) is 12.9 Å². The van der Waals surface area contributed by atoms with E-state index in [0.29, 0.717) is 17.9 Å². The van der Waals surface area contributed by atoms with Crippen LogP contribution in [0.15, 0.2) is 18.2 Å². The fourth-order valence-electron chi connectivity index (χ4n) is 2.80. The van der Waals surface area contributed by atoms with Crippen molar-refractivity contribution in [1.82, 2.24) is 0 Å². The number of rotatable bonds is 5. The molecule has 0 bridgehead atoms. The van der Waals surface area contributed by atoms with Crippen LogP contribution in [0.2, 0.25) is 0 Å². The summed E-state index contributed by atoms with van der Waals surface area (Å²) in [4.78, 5) is 12.0. The van der Waals surface area contributed by atoms with Gasteiger partial charge in [0.2, 0.25) is 0 Å². The van der Waals surface area contributed by atoms with Gasteiger partial charge in [-0.25, -0.2) is 4.39 Å². The number of hydrogen-bond donors (Lipinski definition) is 0. The van der Waals surface area contributed by atoms with E-state index >= 15 is 0 Å². The minimum atomic E-state index is -0.467. The average Bonchev–Trinajstić information content (AvgIpc) is 2.45. The quantitative estimate of drug-likeness (QED) is 0.738. The lowest BCUT2D eigenvalue weighted by atomic mass is 9.85. The number of carbonyl (C=O) groups is 1. The highest BCUT2D eigenvalue weighted by molar-refractivity contribution is 5.96. The van der Waals surface area contributed by atoms with E-state index in [4.69, 9.17) is 4.74 Å². The van der Waals surface area contributed by atoms with Gasteiger partial charge in [-0.15, -0.1) is 0 Å². The Kier molecular flexibility index (Phi) is 4.94. The van der Waals surface area contributed by atoms with Gasteiger partial charge in [0.25, 0.3) is 0 Å². The van der Waals surface area contributed by atoms with Crippen LogP contribution in [-0.2, 0) is 0 Å². The number of Topliss-reactive ketones (excluding diaryl/α,β-unsaturated/α-hetero) is 1. The molecule has 0 saturated heterocycles. The van der Waals surface area contributed by atoms with E-state index in [1.54, 1.807) is 6.07 Å². The van der Waals surface area contributed by atoms with E-state index in [1.165, 1.54) is 51.3 Å². The van der Waals surface area contributed by atoms with Gasteiger partial charge in [0.05, 0.1) is 7.11 Å². The van der Waals surface area contributed by atoms with Crippen molar-refractivity contribution >= 4 is 5.78 Å². The van der Waals surface area contributed by atoms with Crippen LogP contribution in [0, 0.1) is 11.7 Å². The molecule has 0 radical (unpaired) electrons. The van der Waals surface area contributed by atoms with Gasteiger partial charge < -0.3 is 4.74 Å². The molecule has 1 saturated carbocycles. The van der Waals surface area contributed by atoms with Crippen molar-refractivity contribution in [3.63, 3.8) is 0 Å². The van der Waals surface area contributed by atoms with Crippen molar-refractivity contribution in [2.24, 2.45) is 5.92 Å². The normalized spacial score (nSPS) is 16.3. The predicted octanol–water partition coefficient (Wildman–Crippen LogP) is 4.38. The van der Waals surface area contributed by atoms with Gasteiger partial charge in [0.15, 0.2) is 17.3 Å². The van der Waals surface area contributed by atoms with Crippen LogP contribution in [0.3, 0.4) is 0 Å². The Morgan fingerprint density at radius 2 is 2.05 bits per heavy atom. The van der Waals surface area contributed by atoms with Gasteiger partial charge in [0, 0.05) is 12.0 Å². The molecule has 1 fully saturated rings. The Hall–Kier alpha value is -1.38. The molecule has 0 atom stereocenters. The summed E-state index contributed by atoms with van der Waals surface area (Å²) in [5.74, 6) is 0.433. The van der Waals surface area contributed by atoms with Crippen molar-refractivity contribution in [2.75, 3.05) is 7.11 Å². The summed E-state index contributed by atoms with van der Waals surface area (Å²) >= 11 is 0. The lowest BCUT2D eigenvalue weighted by Gasteiger charge is -2.20. The molecule has 1 aromatic rings. The first-order valence-corrected chi connectivity index (χ1v) is 7.07. The van der Waals surface area contributed by atoms with Crippen molar-refractivity contribution in [3.8, 4) is 5.75 Å². The standard InChI is InChI=1S/C16H21FO2/c1-19-16-10-8-13(11-14(16)17)15(18)9-7-12-5-3-2-4-6-12/h8,10-12H,2-7,9H2,1H3. The van der Waals surface area contributed by atoms with Crippen LogP contribution in [0.5, 0.6) is 5.75 Å². The highest BCUT2D eigenvalue weighted by atomic mass is 19.1. The monoisotopic (exact) mass is 264 g/mol. The third-order valence-corrected chi connectivity index (χ3v) is 3.98. The summed E-state index contributed by atoms with van der Waals surface area (Å²) < 4.78 is 18.4. The van der Waals surface area contributed by atoms with E-state index < -0.39 is 5.82 Å². The van der Waals surface area contributed by atoms with Crippen LogP contribution in [0.25, 0.3) is 0 Å². The molecule has 0 heterocycles. The van der Waals surface area contributed by atoms with Gasteiger partial charge in [0.1, 0.15) is 0 Å². The van der Waals surface area contributed by atoms with Crippen LogP contribution < -0.4 is 4.74 Å². The Bertz CT molecular complexity index is 436. The molecule has 2 nitrogen and oxygen atoms in total. The first-order valence-electron chi connectivity index (χ1n) is 7.07. The van der Waals surface area contributed by atoms with E-state index in [0.717, 1.165) is 6.42 Å². The molecular formula is C16H21FO2. The lowest BCUT2D eigenvalue weighted by molar-refractivity contribution is 0.0969. The Labute approximate surface area is 114 Å². The van der Waals surface area contributed by atoms with Gasteiger partial charge in [-0.05, 0) is 30.5 Å². The van der Waals surface area contributed by atoms with Crippen LogP contribution >= 0.6 is 0 Å². The molecular weight excluding hydrogens is 243 g/mol. The summed E-state index contributed by atoms with van der Waals surface area (Å²) in [5.41, 5.74) is 0.453. The maximum absolute atomic E-state index is 13.5. The molecule has 0 amide bonds. The third-order valence-electron chi connectivity index (χ3n) is 3.98. The van der Waals surface area contributed by atoms with Gasteiger partial charge in [-0.1, -0.05) is 32.1 Å². The summed E-state index contributed by atoms with van der Waals surface area (Å²) in [6.45, 7) is 0. The van der Waals surface area contributed by atoms with Gasteiger partial charge in [-0.3, -0.25) is 4.79 Å². The number of hydrogen-bond acceptors (Lipinski definition) is 2. The summed E-state index contributed by atoms with van der Waals surface area (Å²) in [6, 6.07) is 4.44. The van der Waals surface area contributed by atoms with E-state index in [1.807, 2.05) is 0 Å². The molecule has 0 N–H and O–H groups in total. The molecule has 104 valence electrons. The van der Waals surface area contributed by atoms with E-state index in [9.17, 15) is 9.18 Å². The lowest BCUT2D eigenvalue weighted by Crippen LogP contribution is -2.09. The summed E-state index contributed by atoms with van der Waals surface area (Å²) in [7, 11) is 1.42. The number of ketones is 1. The first-order chi connectivity index (χ1) is 9.20. The summed E-state index contributed by atoms with van der Waals surface area (Å²) in [5, 5.41) is 0. The highest BCUT2D eigenvalue weighted by Crippen LogP contribution is 2.28. The second kappa shape index (κ2) is 6.69. The molecule has 1 aliphatic rings. The molecule has 2 rings (SSSR count). The average molecular weight is 264 g/mol. The Morgan fingerprint density at radius 1 is 1.32 bits per heavy atom. The highest BCUT2D eigenvalue weighted by Gasteiger charge is 2.16. The zero-order chi connectivity index (χ0) is 13.7. The first kappa shape index (κ1) is 14.0.